The number of allylic oxidation sites excluding steroid dienone is 1. The number of hydrogen-bond acceptors (Lipinski definition) is 2. The van der Waals surface area contributed by atoms with E-state index in [-0.39, 0.29) is 5.91 Å². The monoisotopic (exact) mass is 316 g/mol. The summed E-state index contributed by atoms with van der Waals surface area (Å²) in [6.07, 6.45) is 4.64. The number of rotatable bonds is 2. The molecule has 0 amide bonds. The van der Waals surface area contributed by atoms with Gasteiger partial charge < -0.3 is 0 Å². The van der Waals surface area contributed by atoms with E-state index in [0.29, 0.717) is 10.0 Å². The maximum absolute atomic E-state index is 12.2. The summed E-state index contributed by atoms with van der Waals surface area (Å²) in [5.74, 6) is -0.185. The van der Waals surface area contributed by atoms with Crippen LogP contribution < -0.4 is 0 Å². The van der Waals surface area contributed by atoms with Crippen molar-refractivity contribution < 1.29 is 4.79 Å². The molecule has 0 radical (unpaired) electrons. The van der Waals surface area contributed by atoms with Gasteiger partial charge in [0.15, 0.2) is 0 Å². The highest BCUT2D eigenvalue weighted by Crippen LogP contribution is 2.22. The molecule has 1 aromatic heterocycles. The molecule has 2 aromatic carbocycles. The number of fused-ring (bicyclic) bond motifs is 1. The predicted molar refractivity (Wildman–Crippen MR) is 85.9 cm³/mol. The SMILES string of the molecule is O=C(/C=C/c1ccc(Cl)cc1Cl)n1cnc2ccccc21. The molecule has 21 heavy (non-hydrogen) atoms. The molecule has 0 saturated carbocycles. The first-order valence-corrected chi connectivity index (χ1v) is 7.00. The molecule has 3 nitrogen and oxygen atoms in total. The van der Waals surface area contributed by atoms with Gasteiger partial charge in [-0.15, -0.1) is 0 Å². The van der Waals surface area contributed by atoms with E-state index in [1.807, 2.05) is 24.3 Å². The third kappa shape index (κ3) is 2.84. The minimum atomic E-state index is -0.185. The molecule has 0 saturated heterocycles. The fourth-order valence-electron chi connectivity index (χ4n) is 2.01. The Hall–Kier alpha value is -2.10. The van der Waals surface area contributed by atoms with Crippen molar-refractivity contribution in [2.24, 2.45) is 0 Å². The first-order valence-electron chi connectivity index (χ1n) is 6.25. The standard InChI is InChI=1S/C16H10Cl2N2O/c17-12-7-5-11(13(18)9-12)6-8-16(21)20-10-19-14-3-1-2-4-15(14)20/h1-10H/b8-6+. The van der Waals surface area contributed by atoms with Crippen molar-refractivity contribution in [3.8, 4) is 0 Å². The second kappa shape index (κ2) is 5.72. The van der Waals surface area contributed by atoms with Crippen LogP contribution in [-0.2, 0) is 0 Å². The number of imidazole rings is 1. The summed E-state index contributed by atoms with van der Waals surface area (Å²) in [6.45, 7) is 0. The first kappa shape index (κ1) is 13.9. The topological polar surface area (TPSA) is 34.9 Å². The highest BCUT2D eigenvalue weighted by molar-refractivity contribution is 6.35. The molecule has 0 aliphatic heterocycles. The molecule has 5 heteroatoms. The highest BCUT2D eigenvalue weighted by atomic mass is 35.5. The zero-order valence-corrected chi connectivity index (χ0v) is 12.3. The molecule has 0 unspecified atom stereocenters. The summed E-state index contributed by atoms with van der Waals surface area (Å²) < 4.78 is 1.50. The highest BCUT2D eigenvalue weighted by Gasteiger charge is 2.06. The van der Waals surface area contributed by atoms with Gasteiger partial charge in [0, 0.05) is 16.1 Å². The number of para-hydroxylation sites is 2. The summed E-state index contributed by atoms with van der Waals surface area (Å²) in [5, 5.41) is 1.06. The van der Waals surface area contributed by atoms with E-state index in [4.69, 9.17) is 23.2 Å². The number of carbonyl (C=O) groups is 1. The quantitative estimate of drug-likeness (QED) is 0.642. The molecule has 0 atom stereocenters. The minimum Gasteiger partial charge on any atom is -0.269 e. The molecule has 3 aromatic rings. The van der Waals surface area contributed by atoms with Crippen LogP contribution >= 0.6 is 23.2 Å². The van der Waals surface area contributed by atoms with Crippen molar-refractivity contribution in [2.75, 3.05) is 0 Å². The van der Waals surface area contributed by atoms with Gasteiger partial charge in [0.05, 0.1) is 11.0 Å². The lowest BCUT2D eigenvalue weighted by molar-refractivity contribution is 0.0974. The van der Waals surface area contributed by atoms with E-state index in [1.54, 1.807) is 24.3 Å². The Balaban J connectivity index is 1.91. The zero-order valence-electron chi connectivity index (χ0n) is 10.8. The van der Waals surface area contributed by atoms with Crippen LogP contribution in [0.5, 0.6) is 0 Å². The maximum Gasteiger partial charge on any atom is 0.256 e. The molecule has 104 valence electrons. The molecule has 3 rings (SSSR count). The van der Waals surface area contributed by atoms with Crippen molar-refractivity contribution in [3.63, 3.8) is 0 Å². The van der Waals surface area contributed by atoms with Gasteiger partial charge in [0.25, 0.3) is 5.91 Å². The number of nitrogens with zero attached hydrogens (tertiary/aromatic N) is 2. The molecule has 1 heterocycles. The third-order valence-electron chi connectivity index (χ3n) is 3.06. The molecular weight excluding hydrogens is 307 g/mol. The third-order valence-corrected chi connectivity index (χ3v) is 3.62. The Labute approximate surface area is 131 Å². The summed E-state index contributed by atoms with van der Waals surface area (Å²) in [6, 6.07) is 12.6. The predicted octanol–water partition coefficient (Wildman–Crippen LogP) is 4.70. The Morgan fingerprint density at radius 3 is 2.76 bits per heavy atom. The van der Waals surface area contributed by atoms with Gasteiger partial charge in [-0.1, -0.05) is 41.4 Å². The molecule has 0 spiro atoms. The van der Waals surface area contributed by atoms with Crippen LogP contribution in [0.2, 0.25) is 10.0 Å². The lowest BCUT2D eigenvalue weighted by Crippen LogP contribution is -2.05. The summed E-state index contributed by atoms with van der Waals surface area (Å²) in [7, 11) is 0. The number of benzene rings is 2. The average molecular weight is 317 g/mol. The second-order valence-corrected chi connectivity index (χ2v) is 5.28. The lowest BCUT2D eigenvalue weighted by atomic mass is 10.2. The van der Waals surface area contributed by atoms with Crippen molar-refractivity contribution in [1.29, 1.82) is 0 Å². The van der Waals surface area contributed by atoms with Gasteiger partial charge in [-0.2, -0.15) is 0 Å². The fraction of sp³-hybridized carbons (Fsp3) is 0. The number of aromatic nitrogens is 2. The van der Waals surface area contributed by atoms with E-state index in [0.717, 1.165) is 16.6 Å². The maximum atomic E-state index is 12.2. The van der Waals surface area contributed by atoms with Gasteiger partial charge in [-0.25, -0.2) is 4.98 Å². The molecular formula is C16H10Cl2N2O. The van der Waals surface area contributed by atoms with Crippen LogP contribution in [0.1, 0.15) is 10.4 Å². The molecule has 0 aliphatic rings. The van der Waals surface area contributed by atoms with E-state index in [9.17, 15) is 4.79 Å². The Bertz CT molecular complexity index is 852. The fourth-order valence-corrected chi connectivity index (χ4v) is 2.48. The van der Waals surface area contributed by atoms with Crippen LogP contribution in [-0.4, -0.2) is 15.5 Å². The van der Waals surface area contributed by atoms with Crippen molar-refractivity contribution in [2.45, 2.75) is 0 Å². The van der Waals surface area contributed by atoms with E-state index >= 15 is 0 Å². The van der Waals surface area contributed by atoms with E-state index < -0.39 is 0 Å². The smallest absolute Gasteiger partial charge is 0.256 e. The average Bonchev–Trinajstić information content (AvgIpc) is 2.90. The van der Waals surface area contributed by atoms with Gasteiger partial charge >= 0.3 is 0 Å². The van der Waals surface area contributed by atoms with E-state index in [1.165, 1.54) is 17.0 Å². The van der Waals surface area contributed by atoms with Gasteiger partial charge in [-0.05, 0) is 35.9 Å². The Morgan fingerprint density at radius 2 is 1.95 bits per heavy atom. The van der Waals surface area contributed by atoms with Crippen LogP contribution in [0.15, 0.2) is 54.9 Å². The lowest BCUT2D eigenvalue weighted by Gasteiger charge is -2.00. The van der Waals surface area contributed by atoms with Gasteiger partial charge in [-0.3, -0.25) is 9.36 Å². The second-order valence-electron chi connectivity index (χ2n) is 4.44. The van der Waals surface area contributed by atoms with Crippen molar-refractivity contribution in [3.05, 3.63) is 70.5 Å². The van der Waals surface area contributed by atoms with Crippen molar-refractivity contribution >= 4 is 46.2 Å². The summed E-state index contributed by atoms with van der Waals surface area (Å²) >= 11 is 11.9. The zero-order chi connectivity index (χ0) is 14.8. The summed E-state index contributed by atoms with van der Waals surface area (Å²) in [4.78, 5) is 16.4. The van der Waals surface area contributed by atoms with Gasteiger partial charge in [0.1, 0.15) is 6.33 Å². The summed E-state index contributed by atoms with van der Waals surface area (Å²) in [5.41, 5.74) is 2.29. The molecule has 0 fully saturated rings. The number of halogens is 2. The Morgan fingerprint density at radius 1 is 1.14 bits per heavy atom. The van der Waals surface area contributed by atoms with Crippen LogP contribution in [0.25, 0.3) is 17.1 Å². The van der Waals surface area contributed by atoms with Crippen LogP contribution in [0.4, 0.5) is 0 Å². The molecule has 0 aliphatic carbocycles. The normalized spacial score (nSPS) is 11.3. The number of hydrogen-bond donors (Lipinski definition) is 0. The van der Waals surface area contributed by atoms with E-state index in [2.05, 4.69) is 4.98 Å². The molecule has 0 bridgehead atoms. The van der Waals surface area contributed by atoms with Crippen LogP contribution in [0, 0.1) is 0 Å². The van der Waals surface area contributed by atoms with Crippen molar-refractivity contribution in [1.82, 2.24) is 9.55 Å². The molecule has 0 N–H and O–H groups in total. The Kier molecular flexibility index (Phi) is 3.78. The number of carbonyl (C=O) groups excluding carboxylic acids is 1. The van der Waals surface area contributed by atoms with Gasteiger partial charge in [0.2, 0.25) is 0 Å². The first-order chi connectivity index (χ1) is 10.1. The minimum absolute atomic E-state index is 0.185. The van der Waals surface area contributed by atoms with Crippen LogP contribution in [0.3, 0.4) is 0 Å². The largest absolute Gasteiger partial charge is 0.269 e.